The molecule has 0 unspecified atom stereocenters. The van der Waals surface area contributed by atoms with Crippen LogP contribution in [-0.4, -0.2) is 9.97 Å². The molecule has 4 aromatic rings. The Morgan fingerprint density at radius 3 is 1.72 bits per heavy atom. The van der Waals surface area contributed by atoms with Crippen molar-refractivity contribution < 1.29 is 0 Å². The second-order valence-corrected chi connectivity index (χ2v) is 6.54. The van der Waals surface area contributed by atoms with Gasteiger partial charge in [-0.15, -0.1) is 0 Å². The summed E-state index contributed by atoms with van der Waals surface area (Å²) in [6, 6.07) is 27.1. The number of benzene rings is 3. The van der Waals surface area contributed by atoms with Crippen LogP contribution in [0.1, 0.15) is 25.5 Å². The van der Waals surface area contributed by atoms with Crippen LogP contribution < -0.4 is 0 Å². The lowest BCUT2D eigenvalue weighted by Crippen LogP contribution is -2.00. The number of rotatable bonds is 3. The molecule has 0 aliphatic carbocycles. The molecule has 1 heterocycles. The molecule has 0 aliphatic heterocycles. The van der Waals surface area contributed by atoms with Crippen molar-refractivity contribution in [1.29, 1.82) is 0 Å². The standard InChI is InChI=1S/C23H20N2/c1-16(2)22-23(25-21-11-7-6-10-20(21)24-22)19-14-12-18(13-15-19)17-8-4-3-5-9-17/h3-16H,1-2H3. The van der Waals surface area contributed by atoms with Gasteiger partial charge in [-0.2, -0.15) is 0 Å². The van der Waals surface area contributed by atoms with E-state index < -0.39 is 0 Å². The maximum absolute atomic E-state index is 4.91. The van der Waals surface area contributed by atoms with Crippen molar-refractivity contribution in [3.63, 3.8) is 0 Å². The van der Waals surface area contributed by atoms with Crippen molar-refractivity contribution in [3.05, 3.63) is 84.6 Å². The van der Waals surface area contributed by atoms with Crippen molar-refractivity contribution in [1.82, 2.24) is 9.97 Å². The van der Waals surface area contributed by atoms with Crippen LogP contribution in [0, 0.1) is 0 Å². The molecule has 0 N–H and O–H groups in total. The van der Waals surface area contributed by atoms with Gasteiger partial charge in [0.2, 0.25) is 0 Å². The summed E-state index contributed by atoms with van der Waals surface area (Å²) in [6.45, 7) is 4.33. The van der Waals surface area contributed by atoms with E-state index in [9.17, 15) is 0 Å². The first-order valence-corrected chi connectivity index (χ1v) is 8.65. The van der Waals surface area contributed by atoms with Crippen LogP contribution in [0.2, 0.25) is 0 Å². The molecule has 0 spiro atoms. The van der Waals surface area contributed by atoms with Crippen molar-refractivity contribution >= 4 is 11.0 Å². The number of hydrogen-bond acceptors (Lipinski definition) is 2. The SMILES string of the molecule is CC(C)c1nc2ccccc2nc1-c1ccc(-c2ccccc2)cc1. The van der Waals surface area contributed by atoms with Gasteiger partial charge in [-0.1, -0.05) is 80.6 Å². The van der Waals surface area contributed by atoms with Crippen LogP contribution in [0.4, 0.5) is 0 Å². The lowest BCUT2D eigenvalue weighted by molar-refractivity contribution is 0.825. The van der Waals surface area contributed by atoms with E-state index in [1.165, 1.54) is 11.1 Å². The van der Waals surface area contributed by atoms with E-state index in [4.69, 9.17) is 9.97 Å². The van der Waals surface area contributed by atoms with Gasteiger partial charge in [-0.05, 0) is 29.2 Å². The predicted molar refractivity (Wildman–Crippen MR) is 104 cm³/mol. The Morgan fingerprint density at radius 2 is 1.08 bits per heavy atom. The highest BCUT2D eigenvalue weighted by atomic mass is 14.8. The van der Waals surface area contributed by atoms with Crippen LogP contribution in [0.25, 0.3) is 33.4 Å². The predicted octanol–water partition coefficient (Wildman–Crippen LogP) is 6.09. The largest absolute Gasteiger partial charge is 0.249 e. The first-order valence-electron chi connectivity index (χ1n) is 8.65. The van der Waals surface area contributed by atoms with Gasteiger partial charge < -0.3 is 0 Å². The van der Waals surface area contributed by atoms with Gasteiger partial charge in [0.25, 0.3) is 0 Å². The summed E-state index contributed by atoms with van der Waals surface area (Å²) >= 11 is 0. The number of para-hydroxylation sites is 2. The molecular weight excluding hydrogens is 304 g/mol. The Labute approximate surface area is 148 Å². The van der Waals surface area contributed by atoms with Gasteiger partial charge in [-0.25, -0.2) is 9.97 Å². The highest BCUT2D eigenvalue weighted by Crippen LogP contribution is 2.30. The Hall–Kier alpha value is -3.00. The zero-order valence-corrected chi connectivity index (χ0v) is 14.5. The minimum Gasteiger partial charge on any atom is -0.249 e. The summed E-state index contributed by atoms with van der Waals surface area (Å²) in [5.41, 5.74) is 7.47. The molecule has 0 atom stereocenters. The topological polar surface area (TPSA) is 25.8 Å². The van der Waals surface area contributed by atoms with Gasteiger partial charge in [0, 0.05) is 5.56 Å². The van der Waals surface area contributed by atoms with Gasteiger partial charge >= 0.3 is 0 Å². The molecule has 0 aliphatic rings. The normalized spacial score (nSPS) is 11.2. The molecule has 0 bridgehead atoms. The molecule has 2 heteroatoms. The van der Waals surface area contributed by atoms with Crippen molar-refractivity contribution in [2.24, 2.45) is 0 Å². The molecule has 4 rings (SSSR count). The molecule has 0 fully saturated rings. The minimum atomic E-state index is 0.320. The lowest BCUT2D eigenvalue weighted by atomic mass is 9.99. The number of nitrogens with zero attached hydrogens (tertiary/aromatic N) is 2. The quantitative estimate of drug-likeness (QED) is 0.456. The van der Waals surface area contributed by atoms with Crippen LogP contribution >= 0.6 is 0 Å². The van der Waals surface area contributed by atoms with E-state index in [1.807, 2.05) is 30.3 Å². The highest BCUT2D eigenvalue weighted by molar-refractivity contribution is 5.79. The summed E-state index contributed by atoms with van der Waals surface area (Å²) in [5.74, 6) is 0.320. The second-order valence-electron chi connectivity index (χ2n) is 6.54. The number of aromatic nitrogens is 2. The van der Waals surface area contributed by atoms with Crippen molar-refractivity contribution in [3.8, 4) is 22.4 Å². The molecule has 3 aromatic carbocycles. The van der Waals surface area contributed by atoms with E-state index in [1.54, 1.807) is 0 Å². The van der Waals surface area contributed by atoms with E-state index in [-0.39, 0.29) is 0 Å². The molecule has 122 valence electrons. The van der Waals surface area contributed by atoms with E-state index >= 15 is 0 Å². The molecule has 1 aromatic heterocycles. The zero-order chi connectivity index (χ0) is 17.2. The third-order valence-electron chi connectivity index (χ3n) is 4.41. The molecular formula is C23H20N2. The summed E-state index contributed by atoms with van der Waals surface area (Å²) in [5, 5.41) is 0. The van der Waals surface area contributed by atoms with Gasteiger partial charge in [-0.3, -0.25) is 0 Å². The smallest absolute Gasteiger partial charge is 0.0927 e. The van der Waals surface area contributed by atoms with E-state index in [2.05, 4.69) is 62.4 Å². The Balaban J connectivity index is 1.82. The average Bonchev–Trinajstić information content (AvgIpc) is 2.68. The van der Waals surface area contributed by atoms with Gasteiger partial charge in [0.05, 0.1) is 22.4 Å². The van der Waals surface area contributed by atoms with Crippen LogP contribution in [0.3, 0.4) is 0 Å². The van der Waals surface area contributed by atoms with Crippen LogP contribution in [0.5, 0.6) is 0 Å². The summed E-state index contributed by atoms with van der Waals surface area (Å²) in [7, 11) is 0. The monoisotopic (exact) mass is 324 g/mol. The number of fused-ring (bicyclic) bond motifs is 1. The third-order valence-corrected chi connectivity index (χ3v) is 4.41. The first-order chi connectivity index (χ1) is 12.2. The Bertz CT molecular complexity index is 1000. The summed E-state index contributed by atoms with van der Waals surface area (Å²) < 4.78 is 0. The zero-order valence-electron chi connectivity index (χ0n) is 14.5. The van der Waals surface area contributed by atoms with Crippen molar-refractivity contribution in [2.45, 2.75) is 19.8 Å². The summed E-state index contributed by atoms with van der Waals surface area (Å²) in [4.78, 5) is 9.78. The molecule has 0 amide bonds. The molecule has 2 nitrogen and oxygen atoms in total. The van der Waals surface area contributed by atoms with Crippen LogP contribution in [0.15, 0.2) is 78.9 Å². The lowest BCUT2D eigenvalue weighted by Gasteiger charge is -2.13. The fourth-order valence-electron chi connectivity index (χ4n) is 3.08. The molecule has 0 saturated heterocycles. The van der Waals surface area contributed by atoms with E-state index in [0.717, 1.165) is 28.0 Å². The van der Waals surface area contributed by atoms with Gasteiger partial charge in [0.1, 0.15) is 0 Å². The second kappa shape index (κ2) is 6.48. The molecule has 0 saturated carbocycles. The van der Waals surface area contributed by atoms with Gasteiger partial charge in [0.15, 0.2) is 0 Å². The van der Waals surface area contributed by atoms with E-state index in [0.29, 0.717) is 5.92 Å². The molecule has 25 heavy (non-hydrogen) atoms. The fourth-order valence-corrected chi connectivity index (χ4v) is 3.08. The van der Waals surface area contributed by atoms with Crippen LogP contribution in [-0.2, 0) is 0 Å². The Morgan fingerprint density at radius 1 is 0.560 bits per heavy atom. The third kappa shape index (κ3) is 3.03. The summed E-state index contributed by atoms with van der Waals surface area (Å²) in [6.07, 6.45) is 0. The first kappa shape index (κ1) is 15.5. The van der Waals surface area contributed by atoms with Crippen molar-refractivity contribution in [2.75, 3.05) is 0 Å². The highest BCUT2D eigenvalue weighted by Gasteiger charge is 2.14. The maximum Gasteiger partial charge on any atom is 0.0927 e. The fraction of sp³-hybridized carbons (Fsp3) is 0.130. The maximum atomic E-state index is 4.91. The molecule has 0 radical (unpaired) electrons. The minimum absolute atomic E-state index is 0.320. The average molecular weight is 324 g/mol. The Kier molecular flexibility index (Phi) is 4.02. The number of hydrogen-bond donors (Lipinski definition) is 0.